The second-order valence-corrected chi connectivity index (χ2v) is 8.29. The summed E-state index contributed by atoms with van der Waals surface area (Å²) in [4.78, 5) is 36.8. The van der Waals surface area contributed by atoms with E-state index < -0.39 is 0 Å². The fourth-order valence-corrected chi connectivity index (χ4v) is 3.28. The summed E-state index contributed by atoms with van der Waals surface area (Å²) in [7, 11) is 0. The highest BCUT2D eigenvalue weighted by atomic mass is 16.2. The Bertz CT molecular complexity index is 1110. The molecule has 0 aliphatic rings. The predicted octanol–water partition coefficient (Wildman–Crippen LogP) is 4.37. The molecule has 0 aromatic heterocycles. The second-order valence-electron chi connectivity index (χ2n) is 8.29. The second kappa shape index (κ2) is 11.7. The molecule has 0 spiro atoms. The first-order chi connectivity index (χ1) is 16.3. The van der Waals surface area contributed by atoms with E-state index in [0.717, 1.165) is 11.3 Å². The van der Waals surface area contributed by atoms with Gasteiger partial charge in [-0.25, -0.2) is 0 Å². The lowest BCUT2D eigenvalue weighted by Gasteiger charge is -2.14. The molecule has 3 aromatic carbocycles. The van der Waals surface area contributed by atoms with E-state index in [-0.39, 0.29) is 36.3 Å². The number of nitrogens with one attached hydrogen (secondary N) is 4. The lowest BCUT2D eigenvalue weighted by molar-refractivity contribution is -0.114. The van der Waals surface area contributed by atoms with Gasteiger partial charge in [-0.3, -0.25) is 14.4 Å². The van der Waals surface area contributed by atoms with Crippen molar-refractivity contribution in [1.29, 1.82) is 0 Å². The molecular weight excluding hydrogens is 428 g/mol. The molecule has 4 N–H and O–H groups in total. The molecule has 0 saturated carbocycles. The van der Waals surface area contributed by atoms with Gasteiger partial charge in [-0.15, -0.1) is 0 Å². The first-order valence-corrected chi connectivity index (χ1v) is 11.2. The van der Waals surface area contributed by atoms with Gasteiger partial charge in [0.2, 0.25) is 5.91 Å². The number of carbonyl (C=O) groups excluding carboxylic acids is 3. The van der Waals surface area contributed by atoms with Gasteiger partial charge in [-0.2, -0.15) is 0 Å². The maximum Gasteiger partial charge on any atom is 0.251 e. The van der Waals surface area contributed by atoms with Gasteiger partial charge in [0.15, 0.2) is 0 Å². The van der Waals surface area contributed by atoms with Crippen LogP contribution >= 0.6 is 0 Å². The van der Waals surface area contributed by atoms with Gasteiger partial charge >= 0.3 is 0 Å². The van der Waals surface area contributed by atoms with Crippen molar-refractivity contribution >= 4 is 29.1 Å². The molecule has 7 heteroatoms. The summed E-state index contributed by atoms with van der Waals surface area (Å²) >= 11 is 0. The van der Waals surface area contributed by atoms with Crippen LogP contribution in [-0.2, 0) is 4.79 Å². The Kier molecular flexibility index (Phi) is 8.40. The zero-order valence-corrected chi connectivity index (χ0v) is 19.6. The van der Waals surface area contributed by atoms with E-state index in [1.165, 1.54) is 0 Å². The molecule has 0 saturated heterocycles. The highest BCUT2D eigenvalue weighted by molar-refractivity contribution is 5.97. The van der Waals surface area contributed by atoms with Crippen molar-refractivity contribution in [3.8, 4) is 0 Å². The van der Waals surface area contributed by atoms with E-state index in [1.807, 2.05) is 51.1 Å². The average molecular weight is 459 g/mol. The molecule has 3 amide bonds. The van der Waals surface area contributed by atoms with E-state index in [4.69, 9.17) is 0 Å². The van der Waals surface area contributed by atoms with Gasteiger partial charge < -0.3 is 21.3 Å². The van der Waals surface area contributed by atoms with Gasteiger partial charge in [0.05, 0.1) is 12.6 Å². The minimum absolute atomic E-state index is 0.0549. The molecule has 0 aliphatic heterocycles. The van der Waals surface area contributed by atoms with Crippen LogP contribution in [0.2, 0.25) is 0 Å². The summed E-state index contributed by atoms with van der Waals surface area (Å²) in [6.45, 7) is 5.80. The summed E-state index contributed by atoms with van der Waals surface area (Å²) in [5.41, 5.74) is 3.44. The Hall–Kier alpha value is -4.13. The topological polar surface area (TPSA) is 99.3 Å². The van der Waals surface area contributed by atoms with Crippen LogP contribution < -0.4 is 21.3 Å². The number of carbonyl (C=O) groups is 3. The normalized spacial score (nSPS) is 11.4. The minimum Gasteiger partial charge on any atom is -0.376 e. The van der Waals surface area contributed by atoms with E-state index >= 15 is 0 Å². The molecule has 34 heavy (non-hydrogen) atoms. The van der Waals surface area contributed by atoms with Crippen molar-refractivity contribution < 1.29 is 14.4 Å². The Morgan fingerprint density at radius 2 is 1.21 bits per heavy atom. The third kappa shape index (κ3) is 7.20. The van der Waals surface area contributed by atoms with Crippen LogP contribution in [0.25, 0.3) is 0 Å². The predicted molar refractivity (Wildman–Crippen MR) is 135 cm³/mol. The van der Waals surface area contributed by atoms with E-state index in [1.54, 1.807) is 48.5 Å². The van der Waals surface area contributed by atoms with E-state index in [9.17, 15) is 14.4 Å². The molecular formula is C27H30N4O3. The Labute approximate surface area is 200 Å². The molecule has 7 nitrogen and oxygen atoms in total. The Balaban J connectivity index is 1.47. The van der Waals surface area contributed by atoms with Gasteiger partial charge in [-0.1, -0.05) is 30.3 Å². The van der Waals surface area contributed by atoms with Crippen LogP contribution in [0.15, 0.2) is 78.9 Å². The smallest absolute Gasteiger partial charge is 0.251 e. The Morgan fingerprint density at radius 3 is 1.76 bits per heavy atom. The van der Waals surface area contributed by atoms with Crippen LogP contribution in [0, 0.1) is 0 Å². The quantitative estimate of drug-likeness (QED) is 0.383. The molecule has 3 aromatic rings. The molecule has 176 valence electrons. The summed E-state index contributed by atoms with van der Waals surface area (Å²) in [6, 6.07) is 23.4. The highest BCUT2D eigenvalue weighted by Crippen LogP contribution is 2.14. The van der Waals surface area contributed by atoms with E-state index in [2.05, 4.69) is 21.3 Å². The molecule has 0 radical (unpaired) electrons. The van der Waals surface area contributed by atoms with Crippen molar-refractivity contribution in [2.24, 2.45) is 0 Å². The number of hydrogen-bond donors (Lipinski definition) is 4. The maximum atomic E-state index is 12.5. The van der Waals surface area contributed by atoms with Gasteiger partial charge in [0.25, 0.3) is 11.8 Å². The van der Waals surface area contributed by atoms with Crippen LogP contribution in [0.3, 0.4) is 0 Å². The highest BCUT2D eigenvalue weighted by Gasteiger charge is 2.12. The van der Waals surface area contributed by atoms with Gasteiger partial charge in [0, 0.05) is 28.5 Å². The van der Waals surface area contributed by atoms with Crippen molar-refractivity contribution in [2.45, 2.75) is 32.9 Å². The van der Waals surface area contributed by atoms with Crippen LogP contribution in [0.4, 0.5) is 11.4 Å². The summed E-state index contributed by atoms with van der Waals surface area (Å²) in [5, 5.41) is 11.6. The lowest BCUT2D eigenvalue weighted by atomic mass is 10.1. The fraction of sp³-hybridized carbons (Fsp3) is 0.222. The molecule has 1 atom stereocenters. The summed E-state index contributed by atoms with van der Waals surface area (Å²) in [6.07, 6.45) is 0. The first-order valence-electron chi connectivity index (χ1n) is 11.2. The molecule has 0 aliphatic carbocycles. The maximum absolute atomic E-state index is 12.5. The fourth-order valence-electron chi connectivity index (χ4n) is 3.28. The van der Waals surface area contributed by atoms with Crippen molar-refractivity contribution in [3.05, 3.63) is 95.6 Å². The van der Waals surface area contributed by atoms with Gasteiger partial charge in [0.1, 0.15) is 0 Å². The first kappa shape index (κ1) is 24.5. The van der Waals surface area contributed by atoms with Gasteiger partial charge in [-0.05, 0) is 74.9 Å². The third-order valence-corrected chi connectivity index (χ3v) is 5.10. The zero-order valence-electron chi connectivity index (χ0n) is 19.6. The summed E-state index contributed by atoms with van der Waals surface area (Å²) < 4.78 is 0. The number of rotatable bonds is 9. The number of anilines is 2. The van der Waals surface area contributed by atoms with Crippen LogP contribution in [0.5, 0.6) is 0 Å². The SMILES string of the molecule is CC(C)NC(=O)c1ccc(NC(=O)CNc2ccc(C(=O)NC(C)c3ccccc3)cc2)cc1. The molecule has 3 rings (SSSR count). The zero-order chi connectivity index (χ0) is 24.5. The number of amides is 3. The Morgan fingerprint density at radius 1 is 0.676 bits per heavy atom. The van der Waals surface area contributed by atoms with Crippen LogP contribution in [-0.4, -0.2) is 30.3 Å². The standard InChI is InChI=1S/C27H30N4O3/c1-18(2)29-26(33)21-11-15-24(16-12-21)31-25(32)17-28-23-13-9-22(10-14-23)27(34)30-19(3)20-7-5-4-6-8-20/h4-16,18-19,28H,17H2,1-3H3,(H,29,33)(H,30,34)(H,31,32). The van der Waals surface area contributed by atoms with Crippen molar-refractivity contribution in [2.75, 3.05) is 17.2 Å². The summed E-state index contributed by atoms with van der Waals surface area (Å²) in [5.74, 6) is -0.537. The monoisotopic (exact) mass is 458 g/mol. The van der Waals surface area contributed by atoms with E-state index in [0.29, 0.717) is 16.8 Å². The van der Waals surface area contributed by atoms with Crippen LogP contribution in [0.1, 0.15) is 53.1 Å². The number of hydrogen-bond acceptors (Lipinski definition) is 4. The molecule has 0 heterocycles. The largest absolute Gasteiger partial charge is 0.376 e. The minimum atomic E-state index is -0.224. The van der Waals surface area contributed by atoms with Crippen molar-refractivity contribution in [3.63, 3.8) is 0 Å². The molecule has 1 unspecified atom stereocenters. The number of benzene rings is 3. The lowest BCUT2D eigenvalue weighted by Crippen LogP contribution is -2.30. The molecule has 0 bridgehead atoms. The third-order valence-electron chi connectivity index (χ3n) is 5.10. The molecule has 0 fully saturated rings. The average Bonchev–Trinajstić information content (AvgIpc) is 2.83. The van der Waals surface area contributed by atoms with Crippen molar-refractivity contribution in [1.82, 2.24) is 10.6 Å².